The summed E-state index contributed by atoms with van der Waals surface area (Å²) in [7, 11) is 3.09. The van der Waals surface area contributed by atoms with E-state index in [0.29, 0.717) is 11.6 Å². The number of benzene rings is 2. The van der Waals surface area contributed by atoms with Crippen LogP contribution in [0.4, 0.5) is 10.5 Å². The van der Waals surface area contributed by atoms with Gasteiger partial charge >= 0.3 is 6.03 Å². The van der Waals surface area contributed by atoms with Crippen molar-refractivity contribution in [1.82, 2.24) is 9.99 Å². The zero-order chi connectivity index (χ0) is 23.4. The Hall–Kier alpha value is -3.62. The predicted octanol–water partition coefficient (Wildman–Crippen LogP) is 3.87. The number of methoxy groups -OCH3 is 1. The lowest BCUT2D eigenvalue weighted by Crippen LogP contribution is -2.49. The molecular weight excluding hydrogens is 406 g/mol. The van der Waals surface area contributed by atoms with E-state index in [1.807, 2.05) is 63.2 Å². The van der Waals surface area contributed by atoms with Crippen LogP contribution >= 0.6 is 0 Å². The largest absolute Gasteiger partial charge is 0.496 e. The van der Waals surface area contributed by atoms with Crippen molar-refractivity contribution in [3.05, 3.63) is 70.9 Å². The zero-order valence-electron chi connectivity index (χ0n) is 19.0. The number of aryl methyl sites for hydroxylation is 3. The maximum Gasteiger partial charge on any atom is 0.352 e. The quantitative estimate of drug-likeness (QED) is 0.346. The Morgan fingerprint density at radius 2 is 1.72 bits per heavy atom. The van der Waals surface area contributed by atoms with Crippen LogP contribution in [-0.2, 0) is 6.61 Å². The van der Waals surface area contributed by atoms with Crippen LogP contribution in [0.25, 0.3) is 11.1 Å². The van der Waals surface area contributed by atoms with E-state index in [-0.39, 0.29) is 6.61 Å². The minimum absolute atomic E-state index is 0.193. The molecule has 2 aromatic carbocycles. The number of carbonyl (C=O) groups is 1. The summed E-state index contributed by atoms with van der Waals surface area (Å²) < 4.78 is 11.6. The summed E-state index contributed by atoms with van der Waals surface area (Å²) >= 11 is 0. The van der Waals surface area contributed by atoms with Crippen molar-refractivity contribution in [1.29, 1.82) is 0 Å². The Balaban J connectivity index is 1.90. The van der Waals surface area contributed by atoms with Gasteiger partial charge in [-0.15, -0.1) is 0 Å². The molecular formula is C24H29N5O3. The number of carbonyl (C=O) groups excluding carboxylic acids is 1. The molecule has 8 heteroatoms. The molecule has 168 valence electrons. The number of para-hydroxylation sites is 1. The fourth-order valence-corrected chi connectivity index (χ4v) is 3.48. The molecule has 0 bridgehead atoms. The molecule has 2 amide bonds. The predicted molar refractivity (Wildman–Crippen MR) is 125 cm³/mol. The lowest BCUT2D eigenvalue weighted by Gasteiger charge is -2.24. The van der Waals surface area contributed by atoms with E-state index in [1.54, 1.807) is 13.2 Å². The molecule has 32 heavy (non-hydrogen) atoms. The Bertz CT molecular complexity index is 1130. The molecule has 0 unspecified atom stereocenters. The number of rotatable bonds is 6. The molecule has 1 heterocycles. The summed E-state index contributed by atoms with van der Waals surface area (Å²) in [6.07, 6.45) is 0. The van der Waals surface area contributed by atoms with Crippen molar-refractivity contribution in [2.75, 3.05) is 19.2 Å². The summed E-state index contributed by atoms with van der Waals surface area (Å²) in [6, 6.07) is 14.8. The number of hydrogen-bond acceptors (Lipinski definition) is 6. The highest BCUT2D eigenvalue weighted by atomic mass is 16.5. The fourth-order valence-electron chi connectivity index (χ4n) is 3.48. The highest BCUT2D eigenvalue weighted by molar-refractivity contribution is 5.91. The van der Waals surface area contributed by atoms with Crippen molar-refractivity contribution in [3.63, 3.8) is 0 Å². The van der Waals surface area contributed by atoms with Crippen molar-refractivity contribution >= 4 is 11.7 Å². The van der Waals surface area contributed by atoms with Crippen LogP contribution in [0.15, 0.2) is 48.5 Å². The van der Waals surface area contributed by atoms with Gasteiger partial charge in [-0.25, -0.2) is 26.5 Å². The first-order valence-corrected chi connectivity index (χ1v) is 10.1. The zero-order valence-corrected chi connectivity index (χ0v) is 19.0. The number of hydrogen-bond donors (Lipinski definition) is 2. The summed E-state index contributed by atoms with van der Waals surface area (Å²) in [5.41, 5.74) is 5.89. The Morgan fingerprint density at radius 1 is 1.00 bits per heavy atom. The SMILES string of the molecule is COc1ccccc1-c1cc(C)c(OCc2c(C)cccc2N(N)C(=O)N(C)N)nc1C. The topological polar surface area (TPSA) is 107 Å². The molecule has 0 saturated carbocycles. The molecule has 0 fully saturated rings. The molecule has 0 spiro atoms. The maximum atomic E-state index is 12.2. The number of urea groups is 1. The van der Waals surface area contributed by atoms with Gasteiger partial charge < -0.3 is 9.47 Å². The molecule has 0 aliphatic carbocycles. The van der Waals surface area contributed by atoms with Crippen LogP contribution in [0.3, 0.4) is 0 Å². The Morgan fingerprint density at radius 3 is 2.41 bits per heavy atom. The third kappa shape index (κ3) is 4.66. The smallest absolute Gasteiger partial charge is 0.352 e. The van der Waals surface area contributed by atoms with Crippen molar-refractivity contribution in [3.8, 4) is 22.8 Å². The van der Waals surface area contributed by atoms with Gasteiger partial charge in [0, 0.05) is 35.0 Å². The number of ether oxygens (including phenoxy) is 2. The summed E-state index contributed by atoms with van der Waals surface area (Å²) in [5, 5.41) is 1.95. The lowest BCUT2D eigenvalue weighted by molar-refractivity contribution is 0.216. The standard InChI is InChI=1S/C24H29N5O3/c1-15-9-8-11-21(29(26)24(30)28(4)25)20(15)14-32-23-16(2)13-19(17(3)27-23)18-10-6-7-12-22(18)31-5/h6-13H,14,25-26H2,1-5H3. The first kappa shape index (κ1) is 23.1. The van der Waals surface area contributed by atoms with E-state index in [2.05, 4.69) is 4.98 Å². The van der Waals surface area contributed by atoms with Gasteiger partial charge in [-0.3, -0.25) is 5.01 Å². The minimum Gasteiger partial charge on any atom is -0.496 e. The van der Waals surface area contributed by atoms with Crippen LogP contribution in [0.2, 0.25) is 0 Å². The Labute approximate surface area is 188 Å². The van der Waals surface area contributed by atoms with Crippen LogP contribution < -0.4 is 26.2 Å². The third-order valence-electron chi connectivity index (χ3n) is 5.26. The van der Waals surface area contributed by atoms with Crippen LogP contribution in [0.5, 0.6) is 11.6 Å². The molecule has 3 aromatic rings. The molecule has 0 aliphatic heterocycles. The molecule has 0 radical (unpaired) electrons. The molecule has 0 aliphatic rings. The first-order chi connectivity index (χ1) is 15.2. The average molecular weight is 436 g/mol. The molecule has 0 saturated heterocycles. The number of pyridine rings is 1. The van der Waals surface area contributed by atoms with E-state index in [1.165, 1.54) is 7.05 Å². The normalized spacial score (nSPS) is 10.6. The monoisotopic (exact) mass is 435 g/mol. The van der Waals surface area contributed by atoms with Gasteiger partial charge in [0.15, 0.2) is 0 Å². The first-order valence-electron chi connectivity index (χ1n) is 10.1. The van der Waals surface area contributed by atoms with Gasteiger partial charge in [-0.05, 0) is 44.5 Å². The van der Waals surface area contributed by atoms with Gasteiger partial charge in [0.2, 0.25) is 5.88 Å². The van der Waals surface area contributed by atoms with E-state index < -0.39 is 6.03 Å². The number of nitrogens with zero attached hydrogens (tertiary/aromatic N) is 3. The van der Waals surface area contributed by atoms with Crippen LogP contribution in [-0.4, -0.2) is 30.2 Å². The summed E-state index contributed by atoms with van der Waals surface area (Å²) in [5.74, 6) is 12.9. The fraction of sp³-hybridized carbons (Fsp3) is 0.250. The van der Waals surface area contributed by atoms with E-state index in [0.717, 1.165) is 49.3 Å². The number of aromatic nitrogens is 1. The van der Waals surface area contributed by atoms with E-state index in [4.69, 9.17) is 21.2 Å². The van der Waals surface area contributed by atoms with Gasteiger partial charge in [-0.2, -0.15) is 0 Å². The van der Waals surface area contributed by atoms with Crippen molar-refractivity contribution < 1.29 is 14.3 Å². The van der Waals surface area contributed by atoms with Gasteiger partial charge in [0.1, 0.15) is 12.4 Å². The highest BCUT2D eigenvalue weighted by Crippen LogP contribution is 2.34. The number of nitrogens with two attached hydrogens (primary N) is 2. The maximum absolute atomic E-state index is 12.2. The number of anilines is 1. The second-order valence-electron chi connectivity index (χ2n) is 7.57. The van der Waals surface area contributed by atoms with Crippen molar-refractivity contribution in [2.45, 2.75) is 27.4 Å². The Kier molecular flexibility index (Phi) is 6.97. The van der Waals surface area contributed by atoms with Crippen molar-refractivity contribution in [2.24, 2.45) is 11.7 Å². The highest BCUT2D eigenvalue weighted by Gasteiger charge is 2.20. The number of hydrazine groups is 2. The second kappa shape index (κ2) is 9.67. The minimum atomic E-state index is -0.539. The van der Waals surface area contributed by atoms with E-state index >= 15 is 0 Å². The molecule has 3 rings (SSSR count). The van der Waals surface area contributed by atoms with Crippen LogP contribution in [0.1, 0.15) is 22.4 Å². The molecule has 0 atom stereocenters. The summed E-state index contributed by atoms with van der Waals surface area (Å²) in [6.45, 7) is 6.01. The average Bonchev–Trinajstić information content (AvgIpc) is 2.78. The van der Waals surface area contributed by atoms with Gasteiger partial charge in [0.25, 0.3) is 0 Å². The van der Waals surface area contributed by atoms with Gasteiger partial charge in [-0.1, -0.05) is 30.3 Å². The van der Waals surface area contributed by atoms with E-state index in [9.17, 15) is 4.79 Å². The molecule has 1 aromatic heterocycles. The second-order valence-corrected chi connectivity index (χ2v) is 7.57. The third-order valence-corrected chi connectivity index (χ3v) is 5.26. The van der Waals surface area contributed by atoms with Crippen LogP contribution in [0, 0.1) is 20.8 Å². The molecule has 4 N–H and O–H groups in total. The molecule has 8 nitrogen and oxygen atoms in total. The van der Waals surface area contributed by atoms with Gasteiger partial charge in [0.05, 0.1) is 12.8 Å². The lowest BCUT2D eigenvalue weighted by atomic mass is 10.0. The summed E-state index contributed by atoms with van der Waals surface area (Å²) in [4.78, 5) is 16.9. The number of amides is 2.